The molecule has 12 heavy (non-hydrogen) atoms. The van der Waals surface area contributed by atoms with Gasteiger partial charge in [0.25, 0.3) is 0 Å². The van der Waals surface area contributed by atoms with Crippen LogP contribution in [0.2, 0.25) is 0 Å². The molecule has 0 fully saturated rings. The third-order valence-corrected chi connectivity index (χ3v) is 1.70. The molecular weight excluding hydrogens is 187 g/mol. The third-order valence-electron chi connectivity index (χ3n) is 1.24. The van der Waals surface area contributed by atoms with Gasteiger partial charge in [0.15, 0.2) is 0 Å². The molecule has 1 aromatic carbocycles. The molecule has 0 aromatic heterocycles. The second-order valence-electron chi connectivity index (χ2n) is 2.12. The van der Waals surface area contributed by atoms with Gasteiger partial charge in [-0.2, -0.15) is 0 Å². The first kappa shape index (κ1) is 9.25. The molecule has 0 N–H and O–H groups in total. The number of benzene rings is 1. The Balaban J connectivity index is 2.86. The van der Waals surface area contributed by atoms with Crippen LogP contribution in [-0.4, -0.2) is 6.30 Å². The highest BCUT2D eigenvalue weighted by Crippen LogP contribution is 2.29. The van der Waals surface area contributed by atoms with Gasteiger partial charge in [-0.3, -0.25) is 0 Å². The van der Waals surface area contributed by atoms with Crippen LogP contribution in [-0.2, 0) is 0 Å². The molecule has 66 valence electrons. The van der Waals surface area contributed by atoms with E-state index in [-0.39, 0.29) is 9.99 Å². The SMILES string of the molecule is FC(F)(F)N(S)c1ccccc1. The average molecular weight is 193 g/mol. The van der Waals surface area contributed by atoms with Gasteiger partial charge in [0.05, 0.1) is 5.69 Å². The number of thiol groups is 1. The molecule has 0 amide bonds. The van der Waals surface area contributed by atoms with Crippen molar-refractivity contribution in [3.8, 4) is 0 Å². The monoisotopic (exact) mass is 193 g/mol. The molecule has 0 saturated heterocycles. The molecule has 0 radical (unpaired) electrons. The van der Waals surface area contributed by atoms with Crippen LogP contribution in [0.5, 0.6) is 0 Å². The second kappa shape index (κ2) is 3.26. The van der Waals surface area contributed by atoms with Crippen LogP contribution in [0.1, 0.15) is 0 Å². The van der Waals surface area contributed by atoms with E-state index in [1.807, 2.05) is 0 Å². The zero-order valence-electron chi connectivity index (χ0n) is 5.92. The lowest BCUT2D eigenvalue weighted by Crippen LogP contribution is -2.29. The van der Waals surface area contributed by atoms with E-state index in [4.69, 9.17) is 0 Å². The van der Waals surface area contributed by atoms with Crippen LogP contribution in [0.15, 0.2) is 30.3 Å². The zero-order valence-corrected chi connectivity index (χ0v) is 6.81. The van der Waals surface area contributed by atoms with Gasteiger partial charge in [0.2, 0.25) is 0 Å². The first-order chi connectivity index (χ1) is 5.52. The van der Waals surface area contributed by atoms with Crippen LogP contribution in [0.25, 0.3) is 0 Å². The topological polar surface area (TPSA) is 3.24 Å². The molecule has 0 atom stereocenters. The zero-order chi connectivity index (χ0) is 9.19. The summed E-state index contributed by atoms with van der Waals surface area (Å²) in [4.78, 5) is 0. The molecule has 1 aromatic rings. The lowest BCUT2D eigenvalue weighted by molar-refractivity contribution is -0.113. The van der Waals surface area contributed by atoms with Gasteiger partial charge < -0.3 is 0 Å². The van der Waals surface area contributed by atoms with Crippen molar-refractivity contribution < 1.29 is 13.2 Å². The predicted octanol–water partition coefficient (Wildman–Crippen LogP) is 2.86. The fourth-order valence-electron chi connectivity index (χ4n) is 0.716. The van der Waals surface area contributed by atoms with E-state index in [2.05, 4.69) is 12.8 Å². The summed E-state index contributed by atoms with van der Waals surface area (Å²) in [5, 5.41) is 0. The fourth-order valence-corrected chi connectivity index (χ4v) is 0.849. The minimum atomic E-state index is -4.44. The summed E-state index contributed by atoms with van der Waals surface area (Å²) < 4.78 is 35.9. The van der Waals surface area contributed by atoms with Crippen LogP contribution in [0.3, 0.4) is 0 Å². The predicted molar refractivity (Wildman–Crippen MR) is 44.0 cm³/mol. The number of anilines is 1. The van der Waals surface area contributed by atoms with Gasteiger partial charge in [0, 0.05) is 0 Å². The van der Waals surface area contributed by atoms with E-state index >= 15 is 0 Å². The highest BCUT2D eigenvalue weighted by atomic mass is 32.1. The molecule has 0 saturated carbocycles. The maximum Gasteiger partial charge on any atom is 0.494 e. The van der Waals surface area contributed by atoms with Gasteiger partial charge in [-0.15, -0.1) is 13.2 Å². The Kier molecular flexibility index (Phi) is 2.52. The van der Waals surface area contributed by atoms with Crippen LogP contribution < -0.4 is 4.31 Å². The van der Waals surface area contributed by atoms with Gasteiger partial charge in [0.1, 0.15) is 0 Å². The molecule has 5 heteroatoms. The molecule has 0 heterocycles. The van der Waals surface area contributed by atoms with Gasteiger partial charge in [-0.25, -0.2) is 4.31 Å². The van der Waals surface area contributed by atoms with Gasteiger partial charge in [-0.1, -0.05) is 31.0 Å². The molecule has 0 aliphatic heterocycles. The Bertz CT molecular complexity index is 247. The summed E-state index contributed by atoms with van der Waals surface area (Å²) >= 11 is 3.31. The minimum Gasteiger partial charge on any atom is -0.229 e. The molecule has 0 aliphatic carbocycles. The highest BCUT2D eigenvalue weighted by molar-refractivity contribution is 7.81. The third kappa shape index (κ3) is 2.07. The molecule has 0 bridgehead atoms. The minimum absolute atomic E-state index is 0.00772. The van der Waals surface area contributed by atoms with Crippen molar-refractivity contribution in [2.45, 2.75) is 6.30 Å². The van der Waals surface area contributed by atoms with Gasteiger partial charge in [-0.05, 0) is 12.1 Å². The van der Waals surface area contributed by atoms with E-state index in [1.165, 1.54) is 24.3 Å². The number of para-hydroxylation sites is 1. The normalized spacial score (nSPS) is 11.3. The standard InChI is InChI=1S/C7H6F3NS/c8-7(9,10)11(12)6-4-2-1-3-5-6/h1-5,12H. The van der Waals surface area contributed by atoms with E-state index < -0.39 is 6.30 Å². The lowest BCUT2D eigenvalue weighted by Gasteiger charge is -2.19. The van der Waals surface area contributed by atoms with Crippen molar-refractivity contribution in [2.24, 2.45) is 0 Å². The summed E-state index contributed by atoms with van der Waals surface area (Å²) in [6.07, 6.45) is -4.44. The number of hydrogen-bond acceptors (Lipinski definition) is 2. The van der Waals surface area contributed by atoms with E-state index in [0.29, 0.717) is 0 Å². The Morgan fingerprint density at radius 1 is 1.08 bits per heavy atom. The molecule has 1 rings (SSSR count). The first-order valence-electron chi connectivity index (χ1n) is 3.12. The van der Waals surface area contributed by atoms with Crippen molar-refractivity contribution in [1.82, 2.24) is 0 Å². The summed E-state index contributed by atoms with van der Waals surface area (Å²) in [6.45, 7) is 0. The number of halogens is 3. The molecule has 0 aliphatic rings. The number of rotatable bonds is 1. The summed E-state index contributed by atoms with van der Waals surface area (Å²) in [6, 6.07) is 7.34. The van der Waals surface area contributed by atoms with E-state index in [9.17, 15) is 13.2 Å². The van der Waals surface area contributed by atoms with E-state index in [1.54, 1.807) is 6.07 Å². The Morgan fingerprint density at radius 2 is 1.58 bits per heavy atom. The summed E-state index contributed by atoms with van der Waals surface area (Å²) in [5.74, 6) is 0. The maximum atomic E-state index is 12.0. The van der Waals surface area contributed by atoms with Crippen LogP contribution >= 0.6 is 12.8 Å². The number of hydrogen-bond donors (Lipinski definition) is 1. The van der Waals surface area contributed by atoms with Crippen molar-refractivity contribution in [3.05, 3.63) is 30.3 Å². The van der Waals surface area contributed by atoms with Gasteiger partial charge >= 0.3 is 6.30 Å². The lowest BCUT2D eigenvalue weighted by atomic mass is 10.3. The molecular formula is C7H6F3NS. The Hall–Kier alpha value is -0.840. The largest absolute Gasteiger partial charge is 0.494 e. The van der Waals surface area contributed by atoms with Crippen LogP contribution in [0, 0.1) is 0 Å². The van der Waals surface area contributed by atoms with Crippen LogP contribution in [0.4, 0.5) is 18.9 Å². The average Bonchev–Trinajstić information content (AvgIpc) is 2.03. The highest BCUT2D eigenvalue weighted by Gasteiger charge is 2.35. The maximum absolute atomic E-state index is 12.0. The summed E-state index contributed by atoms with van der Waals surface area (Å²) in [7, 11) is 0. The number of alkyl halides is 3. The first-order valence-corrected chi connectivity index (χ1v) is 3.52. The second-order valence-corrected chi connectivity index (χ2v) is 2.52. The fraction of sp³-hybridized carbons (Fsp3) is 0.143. The Labute approximate surface area is 73.3 Å². The molecule has 0 unspecified atom stereocenters. The number of nitrogens with zero attached hydrogens (tertiary/aromatic N) is 1. The Morgan fingerprint density at radius 3 is 2.00 bits per heavy atom. The van der Waals surface area contributed by atoms with Crippen molar-refractivity contribution in [1.29, 1.82) is 0 Å². The van der Waals surface area contributed by atoms with Crippen molar-refractivity contribution in [3.63, 3.8) is 0 Å². The molecule has 0 spiro atoms. The smallest absolute Gasteiger partial charge is 0.229 e. The molecule has 1 nitrogen and oxygen atoms in total. The van der Waals surface area contributed by atoms with E-state index in [0.717, 1.165) is 0 Å². The quantitative estimate of drug-likeness (QED) is 0.530. The van der Waals surface area contributed by atoms with Crippen molar-refractivity contribution in [2.75, 3.05) is 4.31 Å². The van der Waals surface area contributed by atoms with Crippen molar-refractivity contribution >= 4 is 18.5 Å². The summed E-state index contributed by atoms with van der Waals surface area (Å²) in [5.41, 5.74) is 0.00772.